The van der Waals surface area contributed by atoms with E-state index in [9.17, 15) is 4.79 Å². The lowest BCUT2D eigenvalue weighted by Crippen LogP contribution is -2.29. The fraction of sp³-hybridized carbons (Fsp3) is 0.364. The molecular formula is C22H26N6O. The molecule has 29 heavy (non-hydrogen) atoms. The zero-order valence-electron chi connectivity index (χ0n) is 16.5. The number of fused-ring (bicyclic) bond motifs is 1. The minimum absolute atomic E-state index is 0.195. The monoisotopic (exact) mass is 390 g/mol. The third-order valence-corrected chi connectivity index (χ3v) is 5.28. The van der Waals surface area contributed by atoms with Crippen molar-refractivity contribution in [2.75, 3.05) is 19.6 Å². The number of aryl methyl sites for hydroxylation is 1. The van der Waals surface area contributed by atoms with Crippen molar-refractivity contribution >= 4 is 5.91 Å². The molecule has 0 aliphatic carbocycles. The van der Waals surface area contributed by atoms with Crippen molar-refractivity contribution in [1.82, 2.24) is 30.0 Å². The fourth-order valence-electron chi connectivity index (χ4n) is 3.68. The summed E-state index contributed by atoms with van der Waals surface area (Å²) in [5.41, 5.74) is 1.80. The van der Waals surface area contributed by atoms with Crippen LogP contribution in [0.5, 0.6) is 0 Å². The number of carbonyl (C=O) groups excluding carboxylic acids is 1. The van der Waals surface area contributed by atoms with Crippen molar-refractivity contribution in [3.05, 3.63) is 77.6 Å². The number of pyridine rings is 1. The van der Waals surface area contributed by atoms with E-state index >= 15 is 0 Å². The van der Waals surface area contributed by atoms with E-state index in [0.717, 1.165) is 57.1 Å². The molecule has 1 N–H and O–H groups in total. The van der Waals surface area contributed by atoms with Crippen LogP contribution in [-0.4, -0.2) is 50.2 Å². The molecule has 7 heteroatoms. The molecule has 0 spiro atoms. The molecule has 3 aromatic rings. The second-order valence-corrected chi connectivity index (χ2v) is 7.26. The molecule has 1 aromatic carbocycles. The maximum absolute atomic E-state index is 12.2. The number of amides is 1. The molecule has 4 rings (SSSR count). The third kappa shape index (κ3) is 5.06. The minimum Gasteiger partial charge on any atom is -0.343 e. The van der Waals surface area contributed by atoms with Crippen LogP contribution in [0.4, 0.5) is 0 Å². The molecule has 1 amide bonds. The Kier molecular flexibility index (Phi) is 6.26. The lowest BCUT2D eigenvalue weighted by molar-refractivity contribution is 0.0944. The first-order chi connectivity index (χ1) is 14.3. The first-order valence-corrected chi connectivity index (χ1v) is 10.2. The second kappa shape index (κ2) is 9.43. The topological polar surface area (TPSA) is 75.9 Å². The van der Waals surface area contributed by atoms with E-state index in [1.807, 2.05) is 0 Å². The lowest BCUT2D eigenvalue weighted by atomic mass is 10.1. The summed E-state index contributed by atoms with van der Waals surface area (Å²) < 4.78 is 2.15. The van der Waals surface area contributed by atoms with Crippen molar-refractivity contribution in [2.45, 2.75) is 32.4 Å². The van der Waals surface area contributed by atoms with Gasteiger partial charge < -0.3 is 14.8 Å². The molecule has 1 aliphatic heterocycles. The molecule has 0 radical (unpaired) electrons. The van der Waals surface area contributed by atoms with E-state index in [4.69, 9.17) is 0 Å². The van der Waals surface area contributed by atoms with Crippen LogP contribution in [0.25, 0.3) is 0 Å². The Balaban J connectivity index is 1.28. The molecule has 0 fully saturated rings. The zero-order valence-corrected chi connectivity index (χ0v) is 16.5. The molecule has 0 saturated heterocycles. The molecule has 0 saturated carbocycles. The SMILES string of the molecule is O=C(NCc1nnc2n1CCN(CCCc1ccccc1)CC2)c1ccccn1. The van der Waals surface area contributed by atoms with Gasteiger partial charge in [-0.1, -0.05) is 36.4 Å². The molecule has 2 aromatic heterocycles. The summed E-state index contributed by atoms with van der Waals surface area (Å²) in [6.07, 6.45) is 4.75. The number of aromatic nitrogens is 4. The quantitative estimate of drug-likeness (QED) is 0.669. The van der Waals surface area contributed by atoms with Crippen molar-refractivity contribution in [1.29, 1.82) is 0 Å². The van der Waals surface area contributed by atoms with E-state index in [2.05, 4.69) is 60.3 Å². The summed E-state index contributed by atoms with van der Waals surface area (Å²) in [5.74, 6) is 1.60. The Morgan fingerprint density at radius 2 is 1.86 bits per heavy atom. The van der Waals surface area contributed by atoms with Crippen LogP contribution in [0.1, 0.15) is 34.1 Å². The maximum Gasteiger partial charge on any atom is 0.270 e. The van der Waals surface area contributed by atoms with Gasteiger partial charge in [-0.2, -0.15) is 0 Å². The summed E-state index contributed by atoms with van der Waals surface area (Å²) >= 11 is 0. The average Bonchev–Trinajstić information content (AvgIpc) is 3.05. The number of nitrogens with one attached hydrogen (secondary N) is 1. The Labute approximate surface area is 170 Å². The number of hydrogen-bond acceptors (Lipinski definition) is 5. The first kappa shape index (κ1) is 19.3. The molecule has 0 unspecified atom stereocenters. The van der Waals surface area contributed by atoms with Crippen molar-refractivity contribution in [3.63, 3.8) is 0 Å². The maximum atomic E-state index is 12.2. The Morgan fingerprint density at radius 3 is 2.69 bits per heavy atom. The van der Waals surface area contributed by atoms with Gasteiger partial charge in [0.1, 0.15) is 11.5 Å². The molecule has 0 bridgehead atoms. The highest BCUT2D eigenvalue weighted by atomic mass is 16.1. The zero-order chi connectivity index (χ0) is 19.9. The molecular weight excluding hydrogens is 364 g/mol. The Bertz CT molecular complexity index is 925. The van der Waals surface area contributed by atoms with Gasteiger partial charge in [0.25, 0.3) is 5.91 Å². The van der Waals surface area contributed by atoms with Crippen LogP contribution in [0.15, 0.2) is 54.7 Å². The normalized spacial score (nSPS) is 14.2. The van der Waals surface area contributed by atoms with Crippen LogP contribution in [0, 0.1) is 0 Å². The third-order valence-electron chi connectivity index (χ3n) is 5.28. The van der Waals surface area contributed by atoms with E-state index in [1.54, 1.807) is 24.4 Å². The fourth-order valence-corrected chi connectivity index (χ4v) is 3.68. The predicted molar refractivity (Wildman–Crippen MR) is 110 cm³/mol. The predicted octanol–water partition coefficient (Wildman–Crippen LogP) is 2.09. The summed E-state index contributed by atoms with van der Waals surface area (Å²) in [6, 6.07) is 15.9. The molecule has 1 aliphatic rings. The second-order valence-electron chi connectivity index (χ2n) is 7.26. The first-order valence-electron chi connectivity index (χ1n) is 10.2. The number of rotatable bonds is 7. The average molecular weight is 390 g/mol. The number of nitrogens with zero attached hydrogens (tertiary/aromatic N) is 5. The minimum atomic E-state index is -0.195. The van der Waals surface area contributed by atoms with Crippen LogP contribution >= 0.6 is 0 Å². The highest BCUT2D eigenvalue weighted by Crippen LogP contribution is 2.11. The Morgan fingerprint density at radius 1 is 1.00 bits per heavy atom. The number of hydrogen-bond donors (Lipinski definition) is 1. The van der Waals surface area contributed by atoms with Crippen LogP contribution < -0.4 is 5.32 Å². The molecule has 150 valence electrons. The van der Waals surface area contributed by atoms with Gasteiger partial charge >= 0.3 is 0 Å². The van der Waals surface area contributed by atoms with Crippen LogP contribution in [-0.2, 0) is 25.9 Å². The summed E-state index contributed by atoms with van der Waals surface area (Å²) in [6.45, 7) is 4.26. The van der Waals surface area contributed by atoms with E-state index < -0.39 is 0 Å². The van der Waals surface area contributed by atoms with Gasteiger partial charge in [-0.05, 0) is 37.1 Å². The van der Waals surface area contributed by atoms with Gasteiger partial charge in [0.2, 0.25) is 0 Å². The smallest absolute Gasteiger partial charge is 0.270 e. The largest absolute Gasteiger partial charge is 0.343 e. The van der Waals surface area contributed by atoms with E-state index in [-0.39, 0.29) is 5.91 Å². The molecule has 7 nitrogen and oxygen atoms in total. The van der Waals surface area contributed by atoms with Crippen LogP contribution in [0.2, 0.25) is 0 Å². The standard InChI is InChI=1S/C22H26N6O/c29-22(19-10-4-5-12-23-19)24-17-21-26-25-20-11-14-27(15-16-28(20)21)13-6-9-18-7-2-1-3-8-18/h1-5,7-8,10,12H,6,9,11,13-17H2,(H,24,29). The Hall–Kier alpha value is -3.06. The highest BCUT2D eigenvalue weighted by molar-refractivity contribution is 5.92. The van der Waals surface area contributed by atoms with Gasteiger partial charge in [-0.3, -0.25) is 9.78 Å². The van der Waals surface area contributed by atoms with Gasteiger partial charge in [-0.15, -0.1) is 10.2 Å². The van der Waals surface area contributed by atoms with E-state index in [1.165, 1.54) is 5.56 Å². The van der Waals surface area contributed by atoms with Gasteiger partial charge in [0.15, 0.2) is 5.82 Å². The van der Waals surface area contributed by atoms with Gasteiger partial charge in [0.05, 0.1) is 6.54 Å². The van der Waals surface area contributed by atoms with Crippen molar-refractivity contribution in [3.8, 4) is 0 Å². The lowest BCUT2D eigenvalue weighted by Gasteiger charge is -2.19. The highest BCUT2D eigenvalue weighted by Gasteiger charge is 2.19. The van der Waals surface area contributed by atoms with E-state index in [0.29, 0.717) is 12.2 Å². The molecule has 3 heterocycles. The van der Waals surface area contributed by atoms with Gasteiger partial charge in [0, 0.05) is 32.3 Å². The van der Waals surface area contributed by atoms with Crippen molar-refractivity contribution in [2.24, 2.45) is 0 Å². The number of benzene rings is 1. The number of carbonyl (C=O) groups is 1. The summed E-state index contributed by atoms with van der Waals surface area (Å²) in [4.78, 5) is 18.8. The summed E-state index contributed by atoms with van der Waals surface area (Å²) in [5, 5.41) is 11.5. The van der Waals surface area contributed by atoms with Crippen molar-refractivity contribution < 1.29 is 4.79 Å². The summed E-state index contributed by atoms with van der Waals surface area (Å²) in [7, 11) is 0. The van der Waals surface area contributed by atoms with Gasteiger partial charge in [-0.25, -0.2) is 0 Å². The molecule has 0 atom stereocenters. The van der Waals surface area contributed by atoms with Crippen LogP contribution in [0.3, 0.4) is 0 Å².